The Bertz CT molecular complexity index is 4070. The first-order valence-electron chi connectivity index (χ1n) is 46.9. The third-order valence-electron chi connectivity index (χ3n) is 27.3. The maximum absolute atomic E-state index is 13.3. The van der Waals surface area contributed by atoms with Crippen LogP contribution >= 0.6 is 0 Å². The number of rotatable bonds is 43. The molecule has 63 heteroatoms. The molecule has 0 aromatic heterocycles. The molecule has 0 aliphatic carbocycles. The SMILES string of the molecule is CC(=O)NC1C(O)[C@H](O[C@@H]2OC(CO[C@]3(OC=O)C[C@@H](O)[C@@H](C)C(C(O)C(O)CO)O3)[C@H](O)[C@H](O)C2O)[C@H](CO)O[C@H]1OC1[C@@H](OCC2O[C@@H](O[C@@H]3C(CO)O[C@@H](O[C@@H]4C(CO)O[C@@H](C)C(NC(C)=O)[C@H]4O)C(NC(C)=O)[C@H]3O)C(O)[C@@H](O[C@H]3OC(CO)[C@@H](O)C(O)C3O[C@@H]3OC(CO)[C@@H](O[C@@H]4OC(CO[C@]5(OC=O)C[C@@H](O)[C@@H](C)C(C(O)C(O)CO)O5)[C@H](O)[C@H](O)C4O)[C@H](O)C3NC(C)=O)[C@@H]2O)OC(CO)[C@@H](O)[C@@H]1O. The van der Waals surface area contributed by atoms with Crippen molar-refractivity contribution in [3.05, 3.63) is 0 Å². The van der Waals surface area contributed by atoms with Gasteiger partial charge in [-0.05, 0) is 6.92 Å². The Morgan fingerprint density at radius 2 is 0.589 bits per heavy atom. The van der Waals surface area contributed by atoms with Crippen LogP contribution in [-0.2, 0) is 138 Å². The Labute approximate surface area is 828 Å². The number of hydrogen-bond donors (Lipinski definition) is 34. The molecular formula is C83H138N4O59. The van der Waals surface area contributed by atoms with Gasteiger partial charge in [0.05, 0.1) is 122 Å². The first kappa shape index (κ1) is 121. The third kappa shape index (κ3) is 27.1. The van der Waals surface area contributed by atoms with Crippen molar-refractivity contribution in [3.8, 4) is 0 Å². The predicted octanol–water partition coefficient (Wildman–Crippen LogP) is -22.3. The summed E-state index contributed by atoms with van der Waals surface area (Å²) in [4.78, 5) is 76.0. The van der Waals surface area contributed by atoms with Crippen molar-refractivity contribution in [1.29, 1.82) is 0 Å². The quantitative estimate of drug-likeness (QED) is 0.0199. The minimum Gasteiger partial charge on any atom is -0.410 e. The average Bonchev–Trinajstić information content (AvgIpc) is 0.827. The number of hydrogen-bond acceptors (Lipinski definition) is 59. The molecule has 11 rings (SSSR count). The number of nitrogens with one attached hydrogen (secondary N) is 4. The lowest BCUT2D eigenvalue weighted by molar-refractivity contribution is -0.424. The van der Waals surface area contributed by atoms with Crippen LogP contribution in [0.15, 0.2) is 0 Å². The van der Waals surface area contributed by atoms with E-state index >= 15 is 0 Å². The summed E-state index contributed by atoms with van der Waals surface area (Å²) in [6.45, 7) is -4.99. The molecular weight excluding hydrogens is 2000 g/mol. The van der Waals surface area contributed by atoms with Gasteiger partial charge in [-0.2, -0.15) is 0 Å². The van der Waals surface area contributed by atoms with Crippen LogP contribution in [-0.4, -0.2) is 599 Å². The largest absolute Gasteiger partial charge is 0.410 e. The van der Waals surface area contributed by atoms with Crippen molar-refractivity contribution in [2.45, 2.75) is 398 Å². The number of ether oxygens (including phenoxy) is 23. The summed E-state index contributed by atoms with van der Waals surface area (Å²) in [5.41, 5.74) is 0. The Kier molecular flexibility index (Phi) is 43.8. The van der Waals surface area contributed by atoms with Gasteiger partial charge in [0.25, 0.3) is 12.9 Å². The molecule has 11 saturated heterocycles. The minimum absolute atomic E-state index is 0.202. The number of carbonyl (C=O) groups is 6. The molecule has 0 spiro atoms. The first-order chi connectivity index (χ1) is 69.0. The zero-order chi connectivity index (χ0) is 108. The highest BCUT2D eigenvalue weighted by Gasteiger charge is 2.64. The highest BCUT2D eigenvalue weighted by Crippen LogP contribution is 2.45. The molecule has 11 fully saturated rings. The highest BCUT2D eigenvalue weighted by molar-refractivity contribution is 5.74. The maximum Gasteiger partial charge on any atom is 0.332 e. The van der Waals surface area contributed by atoms with Gasteiger partial charge in [-0.15, -0.1) is 0 Å². The van der Waals surface area contributed by atoms with Crippen LogP contribution in [0.25, 0.3) is 0 Å². The third-order valence-corrected chi connectivity index (χ3v) is 27.3. The zero-order valence-electron chi connectivity index (χ0n) is 79.4. The van der Waals surface area contributed by atoms with Crippen molar-refractivity contribution in [2.75, 3.05) is 72.7 Å². The van der Waals surface area contributed by atoms with E-state index in [0.29, 0.717) is 0 Å². The van der Waals surface area contributed by atoms with Crippen LogP contribution in [0, 0.1) is 11.8 Å². The molecule has 57 atom stereocenters. The Balaban J connectivity index is 0.887. The summed E-state index contributed by atoms with van der Waals surface area (Å²) >= 11 is 0. The van der Waals surface area contributed by atoms with E-state index in [4.69, 9.17) is 109 Å². The van der Waals surface area contributed by atoms with Gasteiger partial charge in [-0.25, -0.2) is 0 Å². The van der Waals surface area contributed by atoms with Crippen LogP contribution in [0.3, 0.4) is 0 Å². The van der Waals surface area contributed by atoms with E-state index in [0.717, 1.165) is 27.7 Å². The summed E-state index contributed by atoms with van der Waals surface area (Å²) in [5, 5.41) is 349. The molecule has 146 heavy (non-hydrogen) atoms. The van der Waals surface area contributed by atoms with Gasteiger partial charge in [0.2, 0.25) is 23.6 Å². The molecule has 0 aromatic carbocycles. The zero-order valence-corrected chi connectivity index (χ0v) is 79.4. The summed E-state index contributed by atoms with van der Waals surface area (Å²) in [7, 11) is 0. The fourth-order valence-corrected chi connectivity index (χ4v) is 19.1. The molecule has 11 aliphatic heterocycles. The summed E-state index contributed by atoms with van der Waals surface area (Å²) in [6, 6.07) is -7.37. The van der Waals surface area contributed by atoms with E-state index in [9.17, 15) is 182 Å². The van der Waals surface area contributed by atoms with Crippen LogP contribution in [0.4, 0.5) is 0 Å². The van der Waals surface area contributed by atoms with E-state index in [-0.39, 0.29) is 12.9 Å². The Hall–Kier alpha value is -5.22. The summed E-state index contributed by atoms with van der Waals surface area (Å²) < 4.78 is 137. The Morgan fingerprint density at radius 1 is 0.308 bits per heavy atom. The second-order valence-corrected chi connectivity index (χ2v) is 37.4. The molecule has 11 heterocycles. The molecule has 844 valence electrons. The monoisotopic (exact) mass is 2130 g/mol. The number of aliphatic hydroxyl groups is 30. The van der Waals surface area contributed by atoms with Gasteiger partial charge in [-0.1, -0.05) is 13.8 Å². The fourth-order valence-electron chi connectivity index (χ4n) is 19.1. The average molecular weight is 2140 g/mol. The van der Waals surface area contributed by atoms with Crippen molar-refractivity contribution >= 4 is 36.6 Å². The number of aliphatic hydroxyl groups excluding tert-OH is 30. The molecule has 0 aromatic rings. The van der Waals surface area contributed by atoms with Gasteiger partial charge >= 0.3 is 11.9 Å². The van der Waals surface area contributed by atoms with Crippen molar-refractivity contribution in [2.24, 2.45) is 11.8 Å². The van der Waals surface area contributed by atoms with Crippen LogP contribution in [0.5, 0.6) is 0 Å². The predicted molar refractivity (Wildman–Crippen MR) is 452 cm³/mol. The van der Waals surface area contributed by atoms with Crippen molar-refractivity contribution < 1.29 is 291 Å². The molecule has 11 aliphatic rings. The summed E-state index contributed by atoms with van der Waals surface area (Å²) in [6.07, 6.45) is -105. The lowest BCUT2D eigenvalue weighted by Gasteiger charge is -2.51. The van der Waals surface area contributed by atoms with Crippen LogP contribution in [0.2, 0.25) is 0 Å². The van der Waals surface area contributed by atoms with Gasteiger partial charge in [0.15, 0.2) is 50.3 Å². The number of carbonyl (C=O) groups excluding carboxylic acids is 6. The van der Waals surface area contributed by atoms with Crippen LogP contribution < -0.4 is 21.3 Å². The lowest BCUT2D eigenvalue weighted by atomic mass is 9.87. The lowest BCUT2D eigenvalue weighted by Crippen LogP contribution is -2.71. The molecule has 4 amide bonds. The van der Waals surface area contributed by atoms with Gasteiger partial charge in [-0.3, -0.25) is 28.8 Å². The van der Waals surface area contributed by atoms with E-state index in [1.54, 1.807) is 0 Å². The molecule has 0 radical (unpaired) electrons. The normalized spacial score (nSPS) is 47.5. The smallest absolute Gasteiger partial charge is 0.332 e. The van der Waals surface area contributed by atoms with E-state index < -0.39 is 458 Å². The molecule has 0 bridgehead atoms. The Morgan fingerprint density at radius 3 is 0.932 bits per heavy atom. The number of amides is 4. The first-order valence-corrected chi connectivity index (χ1v) is 46.9. The molecule has 0 saturated carbocycles. The maximum atomic E-state index is 13.3. The van der Waals surface area contributed by atoms with Crippen molar-refractivity contribution in [1.82, 2.24) is 21.3 Å². The van der Waals surface area contributed by atoms with E-state index in [2.05, 4.69) is 21.3 Å². The second kappa shape index (κ2) is 52.8. The molecule has 25 unspecified atom stereocenters. The van der Waals surface area contributed by atoms with Gasteiger partial charge < -0.3 is 283 Å². The highest BCUT2D eigenvalue weighted by atomic mass is 16.9. The van der Waals surface area contributed by atoms with Crippen molar-refractivity contribution in [3.63, 3.8) is 0 Å². The van der Waals surface area contributed by atoms with Gasteiger partial charge in [0.1, 0.15) is 238 Å². The topological polar surface area (TPSA) is 970 Å². The standard InChI is InChI=1S/C83H138N4O59/c1-23-30(102)8-82(127-21-96,145-65(23)47(106)32(104)10-88)125-19-41-51(110)58(117)62(121)77(136-41)139-68-37(15-93)133-75(45(56(68)115)86-28(6)100)143-72-60(119)49(108)34(12-90)130-80(72)124-18-40-53(112)71(64(123)79(135-40)141-70-39(17-95)132-74(44(55(70)114)85-27(5)99)138-67-36(14-92)129-25(3)43(54(67)113)84-26(4)98)142-81-73(61(120)50(109)35(13-91)131-81)144-76-46(87-29(7)101)57(116)69(38(16-94)134-76)140-78-63(122)59(118)52(111)42(137-78)20-126-83(128-22-97)9-31(103)24(2)66(146-83)48(107)33(105)11-89/h21-25,30-81,88-95,102-123H,8-20H2,1-7H3,(H,84,98)(H,85,99)(H,86,100)(H,87,101)/t23-,24-,25+,30-,31-,32?,33?,34?,35?,36?,37+,38?,39?,40?,41?,42?,43?,44?,45?,46?,47?,48?,49-,50-,51+,52+,53-,54-,55-,56?,57-,58+,59+,60+,61?,62?,63?,64?,65?,66?,67-,68-,69-,70-,71+,72?,73?,74+,75+,76+,77+,78+,79+,80+,81-,82+,83+/m1/s1. The molecule has 34 N–H and O–H groups in total. The van der Waals surface area contributed by atoms with Gasteiger partial charge in [0, 0.05) is 39.5 Å². The van der Waals surface area contributed by atoms with E-state index in [1.165, 1.54) is 20.8 Å². The minimum atomic E-state index is -2.70. The summed E-state index contributed by atoms with van der Waals surface area (Å²) in [5.74, 6) is -11.2. The molecule has 63 nitrogen and oxygen atoms in total. The van der Waals surface area contributed by atoms with Crippen LogP contribution in [0.1, 0.15) is 61.3 Å². The fraction of sp³-hybridized carbons (Fsp3) is 0.928. The second-order valence-electron chi connectivity index (χ2n) is 37.4. The van der Waals surface area contributed by atoms with E-state index in [1.807, 2.05) is 0 Å².